The summed E-state index contributed by atoms with van der Waals surface area (Å²) in [4.78, 5) is 21.2. The summed E-state index contributed by atoms with van der Waals surface area (Å²) in [6.07, 6.45) is 10.0. The van der Waals surface area contributed by atoms with Crippen LogP contribution in [0.1, 0.15) is 37.7 Å². The quantitative estimate of drug-likeness (QED) is 0.772. The monoisotopic (exact) mass is 393 g/mol. The van der Waals surface area contributed by atoms with Crippen LogP contribution < -0.4 is 4.90 Å². The van der Waals surface area contributed by atoms with Gasteiger partial charge in [0.1, 0.15) is 24.5 Å². The van der Waals surface area contributed by atoms with Crippen molar-refractivity contribution in [3.8, 4) is 6.07 Å². The van der Waals surface area contributed by atoms with Gasteiger partial charge in [-0.1, -0.05) is 0 Å². The molecule has 0 aliphatic carbocycles. The van der Waals surface area contributed by atoms with E-state index in [1.807, 2.05) is 21.6 Å². The number of hydrogen-bond donors (Lipinski definition) is 0. The van der Waals surface area contributed by atoms with Crippen molar-refractivity contribution in [3.05, 3.63) is 36.5 Å². The van der Waals surface area contributed by atoms with Gasteiger partial charge >= 0.3 is 0 Å². The van der Waals surface area contributed by atoms with E-state index in [2.05, 4.69) is 26.2 Å². The fourth-order valence-electron chi connectivity index (χ4n) is 4.66. The van der Waals surface area contributed by atoms with E-state index < -0.39 is 0 Å². The molecule has 8 heteroatoms. The Labute approximate surface area is 171 Å². The number of aromatic nitrogens is 4. The van der Waals surface area contributed by atoms with E-state index in [-0.39, 0.29) is 5.91 Å². The molecule has 29 heavy (non-hydrogen) atoms. The third kappa shape index (κ3) is 4.56. The molecule has 0 atom stereocenters. The molecule has 4 heterocycles. The average molecular weight is 393 g/mol. The molecular formula is C21H27N7O. The molecule has 2 aliphatic rings. The van der Waals surface area contributed by atoms with E-state index in [1.165, 1.54) is 0 Å². The fourth-order valence-corrected chi connectivity index (χ4v) is 4.66. The molecule has 0 unspecified atom stereocenters. The molecular weight excluding hydrogens is 366 g/mol. The smallest absolute Gasteiger partial charge is 0.224 e. The predicted molar refractivity (Wildman–Crippen MR) is 108 cm³/mol. The maximum absolute atomic E-state index is 12.5. The summed E-state index contributed by atoms with van der Waals surface area (Å²) in [5.74, 6) is 2.45. The maximum atomic E-state index is 12.5. The fraction of sp³-hybridized carbons (Fsp3) is 0.571. The Morgan fingerprint density at radius 1 is 1.07 bits per heavy atom. The summed E-state index contributed by atoms with van der Waals surface area (Å²) in [7, 11) is 0. The molecule has 2 saturated heterocycles. The van der Waals surface area contributed by atoms with Crippen molar-refractivity contribution in [1.29, 1.82) is 5.26 Å². The Morgan fingerprint density at radius 3 is 2.38 bits per heavy atom. The van der Waals surface area contributed by atoms with Gasteiger partial charge in [-0.3, -0.25) is 4.79 Å². The van der Waals surface area contributed by atoms with E-state index >= 15 is 0 Å². The molecule has 4 rings (SSSR count). The lowest BCUT2D eigenvalue weighted by molar-refractivity contribution is -0.133. The van der Waals surface area contributed by atoms with Crippen molar-refractivity contribution >= 4 is 11.7 Å². The van der Waals surface area contributed by atoms with Crippen LogP contribution in [0.25, 0.3) is 0 Å². The van der Waals surface area contributed by atoms with Gasteiger partial charge < -0.3 is 14.4 Å². The second-order valence-electron chi connectivity index (χ2n) is 7.98. The van der Waals surface area contributed by atoms with Gasteiger partial charge in [-0.15, -0.1) is 10.2 Å². The van der Waals surface area contributed by atoms with Crippen molar-refractivity contribution in [1.82, 2.24) is 24.6 Å². The Balaban J connectivity index is 1.23. The lowest BCUT2D eigenvalue weighted by atomic mass is 9.78. The third-order valence-electron chi connectivity index (χ3n) is 6.36. The minimum atomic E-state index is 0.228. The summed E-state index contributed by atoms with van der Waals surface area (Å²) >= 11 is 0. The Bertz CT molecular complexity index is 844. The molecule has 0 radical (unpaired) electrons. The Kier molecular flexibility index (Phi) is 6.03. The SMILES string of the molecule is N#Cc1cccnc1N1CCC(C2CCN(C(=O)CCn3cnnc3)CC2)CC1. The number of carbonyl (C=O) groups excluding carboxylic acids is 1. The van der Waals surface area contributed by atoms with E-state index in [0.717, 1.165) is 57.7 Å². The van der Waals surface area contributed by atoms with Gasteiger partial charge in [0.15, 0.2) is 0 Å². The predicted octanol–water partition coefficient (Wildman–Crippen LogP) is 2.09. The van der Waals surface area contributed by atoms with Crippen LogP contribution in [0.3, 0.4) is 0 Å². The second kappa shape index (κ2) is 9.03. The highest BCUT2D eigenvalue weighted by atomic mass is 16.2. The van der Waals surface area contributed by atoms with Crippen LogP contribution in [0.4, 0.5) is 5.82 Å². The number of likely N-dealkylation sites (tertiary alicyclic amines) is 1. The van der Waals surface area contributed by atoms with Crippen molar-refractivity contribution in [3.63, 3.8) is 0 Å². The van der Waals surface area contributed by atoms with Crippen LogP contribution in [0.2, 0.25) is 0 Å². The van der Waals surface area contributed by atoms with Crippen molar-refractivity contribution in [2.75, 3.05) is 31.1 Å². The first-order valence-electron chi connectivity index (χ1n) is 10.4. The summed E-state index contributed by atoms with van der Waals surface area (Å²) in [6.45, 7) is 4.28. The molecule has 2 aromatic heterocycles. The lowest BCUT2D eigenvalue weighted by Gasteiger charge is -2.40. The van der Waals surface area contributed by atoms with Gasteiger partial charge in [-0.25, -0.2) is 4.98 Å². The maximum Gasteiger partial charge on any atom is 0.224 e. The van der Waals surface area contributed by atoms with Gasteiger partial charge in [0, 0.05) is 45.3 Å². The van der Waals surface area contributed by atoms with Gasteiger partial charge in [-0.05, 0) is 49.7 Å². The lowest BCUT2D eigenvalue weighted by Crippen LogP contribution is -2.43. The molecule has 2 aliphatic heterocycles. The first kappa shape index (κ1) is 19.4. The molecule has 2 aromatic rings. The number of aryl methyl sites for hydroxylation is 1. The highest BCUT2D eigenvalue weighted by Gasteiger charge is 2.31. The van der Waals surface area contributed by atoms with Crippen LogP contribution in [0.15, 0.2) is 31.0 Å². The highest BCUT2D eigenvalue weighted by Crippen LogP contribution is 2.34. The topological polar surface area (TPSA) is 90.9 Å². The number of nitriles is 1. The zero-order valence-electron chi connectivity index (χ0n) is 16.7. The number of amides is 1. The zero-order valence-corrected chi connectivity index (χ0v) is 16.7. The van der Waals surface area contributed by atoms with Crippen LogP contribution in [0.5, 0.6) is 0 Å². The van der Waals surface area contributed by atoms with Gasteiger partial charge in [-0.2, -0.15) is 5.26 Å². The van der Waals surface area contributed by atoms with Gasteiger partial charge in [0.25, 0.3) is 0 Å². The van der Waals surface area contributed by atoms with Crippen LogP contribution in [-0.2, 0) is 11.3 Å². The standard InChI is InChI=1S/C21H27N7O/c22-14-19-2-1-8-23-21(19)28-12-5-18(6-13-28)17-3-10-27(11-4-17)20(29)7-9-26-15-24-25-16-26/h1-2,8,15-18H,3-7,9-13H2. The molecule has 0 N–H and O–H groups in total. The Hall–Kier alpha value is -2.95. The number of rotatable bonds is 5. The Morgan fingerprint density at radius 2 is 1.72 bits per heavy atom. The molecule has 152 valence electrons. The summed E-state index contributed by atoms with van der Waals surface area (Å²) in [5.41, 5.74) is 0.657. The number of piperidine rings is 2. The third-order valence-corrected chi connectivity index (χ3v) is 6.36. The molecule has 1 amide bonds. The van der Waals surface area contributed by atoms with Gasteiger partial charge in [0.2, 0.25) is 5.91 Å². The number of pyridine rings is 1. The van der Waals surface area contributed by atoms with Crippen LogP contribution in [0, 0.1) is 23.2 Å². The summed E-state index contributed by atoms with van der Waals surface area (Å²) < 4.78 is 1.84. The first-order chi connectivity index (χ1) is 14.2. The van der Waals surface area contributed by atoms with E-state index in [0.29, 0.717) is 30.4 Å². The average Bonchev–Trinajstić information content (AvgIpc) is 3.31. The van der Waals surface area contributed by atoms with Crippen molar-refractivity contribution < 1.29 is 4.79 Å². The van der Waals surface area contributed by atoms with E-state index in [9.17, 15) is 10.1 Å². The number of hydrogen-bond acceptors (Lipinski definition) is 6. The molecule has 0 spiro atoms. The molecule has 0 bridgehead atoms. The number of carbonyl (C=O) groups is 1. The first-order valence-corrected chi connectivity index (χ1v) is 10.4. The zero-order chi connectivity index (χ0) is 20.1. The summed E-state index contributed by atoms with van der Waals surface area (Å²) in [5, 5.41) is 16.9. The van der Waals surface area contributed by atoms with E-state index in [1.54, 1.807) is 18.9 Å². The number of anilines is 1. The molecule has 0 aromatic carbocycles. The second-order valence-corrected chi connectivity index (χ2v) is 7.98. The molecule has 0 saturated carbocycles. The highest BCUT2D eigenvalue weighted by molar-refractivity contribution is 5.76. The normalized spacial score (nSPS) is 18.6. The molecule has 2 fully saturated rings. The van der Waals surface area contributed by atoms with Gasteiger partial charge in [0.05, 0.1) is 5.56 Å². The largest absolute Gasteiger partial charge is 0.356 e. The van der Waals surface area contributed by atoms with E-state index in [4.69, 9.17) is 0 Å². The van der Waals surface area contributed by atoms with Crippen LogP contribution >= 0.6 is 0 Å². The van der Waals surface area contributed by atoms with Crippen molar-refractivity contribution in [2.24, 2.45) is 11.8 Å². The van der Waals surface area contributed by atoms with Crippen LogP contribution in [-0.4, -0.2) is 56.7 Å². The summed E-state index contributed by atoms with van der Waals surface area (Å²) in [6, 6.07) is 5.91. The van der Waals surface area contributed by atoms with Crippen molar-refractivity contribution in [2.45, 2.75) is 38.6 Å². The molecule has 8 nitrogen and oxygen atoms in total. The minimum absolute atomic E-state index is 0.228. The minimum Gasteiger partial charge on any atom is -0.356 e. The number of nitrogens with zero attached hydrogens (tertiary/aromatic N) is 7.